The smallest absolute Gasteiger partial charge is 0.0346 e. The van der Waals surface area contributed by atoms with Crippen molar-refractivity contribution in [1.29, 1.82) is 0 Å². The van der Waals surface area contributed by atoms with Crippen LogP contribution < -0.4 is 10.6 Å². The summed E-state index contributed by atoms with van der Waals surface area (Å²) in [6.45, 7) is 4.20. The fourth-order valence-corrected chi connectivity index (χ4v) is 1.97. The van der Waals surface area contributed by atoms with Crippen LogP contribution in [0.15, 0.2) is 36.4 Å². The van der Waals surface area contributed by atoms with E-state index in [-0.39, 0.29) is 0 Å². The van der Waals surface area contributed by atoms with Gasteiger partial charge in [-0.1, -0.05) is 29.8 Å². The first-order valence-corrected chi connectivity index (χ1v) is 6.18. The molecule has 2 aromatic carbocycles. The van der Waals surface area contributed by atoms with E-state index in [1.807, 2.05) is 7.05 Å². The van der Waals surface area contributed by atoms with Crippen LogP contribution in [0.5, 0.6) is 0 Å². The van der Waals surface area contributed by atoms with E-state index in [9.17, 15) is 0 Å². The molecule has 0 amide bonds. The summed E-state index contributed by atoms with van der Waals surface area (Å²) in [7, 11) is 1.98. The van der Waals surface area contributed by atoms with E-state index >= 15 is 0 Å². The minimum Gasteiger partial charge on any atom is -0.385 e. The Bertz CT molecular complexity index is 491. The third kappa shape index (κ3) is 3.21. The third-order valence-corrected chi connectivity index (χ3v) is 2.93. The highest BCUT2D eigenvalue weighted by molar-refractivity contribution is 5.86. The van der Waals surface area contributed by atoms with Crippen LogP contribution in [0.25, 0.3) is 10.8 Å². The Morgan fingerprint density at radius 2 is 1.71 bits per heavy atom. The maximum Gasteiger partial charge on any atom is 0.0346 e. The van der Waals surface area contributed by atoms with Crippen molar-refractivity contribution in [3.63, 3.8) is 0 Å². The van der Waals surface area contributed by atoms with Crippen LogP contribution in [0.1, 0.15) is 12.0 Å². The maximum absolute atomic E-state index is 3.45. The lowest BCUT2D eigenvalue weighted by Gasteiger charge is -2.07. The SMILES string of the molecule is CNCCCNc1ccc2cc(C)ccc2c1. The molecule has 0 aliphatic heterocycles. The summed E-state index contributed by atoms with van der Waals surface area (Å²) in [4.78, 5) is 0. The second-order valence-electron chi connectivity index (χ2n) is 4.45. The monoisotopic (exact) mass is 228 g/mol. The lowest BCUT2D eigenvalue weighted by atomic mass is 10.1. The Balaban J connectivity index is 2.07. The van der Waals surface area contributed by atoms with Crippen LogP contribution >= 0.6 is 0 Å². The van der Waals surface area contributed by atoms with Crippen LogP contribution in [-0.4, -0.2) is 20.1 Å². The predicted octanol–water partition coefficient (Wildman–Crippen LogP) is 3.17. The molecule has 90 valence electrons. The molecule has 0 saturated heterocycles. The zero-order valence-corrected chi connectivity index (χ0v) is 10.6. The largest absolute Gasteiger partial charge is 0.385 e. The molecule has 0 bridgehead atoms. The Kier molecular flexibility index (Phi) is 3.99. The minimum absolute atomic E-state index is 1.01. The zero-order valence-electron chi connectivity index (χ0n) is 10.6. The topological polar surface area (TPSA) is 24.1 Å². The van der Waals surface area contributed by atoms with Gasteiger partial charge in [0.15, 0.2) is 0 Å². The van der Waals surface area contributed by atoms with Gasteiger partial charge >= 0.3 is 0 Å². The molecule has 0 unspecified atom stereocenters. The van der Waals surface area contributed by atoms with Gasteiger partial charge in [0, 0.05) is 12.2 Å². The van der Waals surface area contributed by atoms with Gasteiger partial charge in [-0.25, -0.2) is 0 Å². The number of nitrogens with one attached hydrogen (secondary N) is 2. The molecule has 2 rings (SSSR count). The van der Waals surface area contributed by atoms with Gasteiger partial charge < -0.3 is 10.6 Å². The normalized spacial score (nSPS) is 10.7. The van der Waals surface area contributed by atoms with E-state index in [1.54, 1.807) is 0 Å². The van der Waals surface area contributed by atoms with E-state index in [0.29, 0.717) is 0 Å². The van der Waals surface area contributed by atoms with Crippen LogP contribution in [0.4, 0.5) is 5.69 Å². The molecule has 0 aliphatic rings. The summed E-state index contributed by atoms with van der Waals surface area (Å²) >= 11 is 0. The quantitative estimate of drug-likeness (QED) is 0.768. The van der Waals surface area contributed by atoms with Gasteiger partial charge in [0.25, 0.3) is 0 Å². The molecule has 0 atom stereocenters. The van der Waals surface area contributed by atoms with Gasteiger partial charge in [0.2, 0.25) is 0 Å². The number of hydrogen-bond acceptors (Lipinski definition) is 2. The molecule has 2 N–H and O–H groups in total. The lowest BCUT2D eigenvalue weighted by molar-refractivity contribution is 0.748. The summed E-state index contributed by atoms with van der Waals surface area (Å²) in [5.41, 5.74) is 2.52. The van der Waals surface area contributed by atoms with Crippen LogP contribution in [-0.2, 0) is 0 Å². The standard InChI is InChI=1S/C15H20N2/c1-12-4-5-14-11-15(7-6-13(14)10-12)17-9-3-8-16-2/h4-7,10-11,16-17H,3,8-9H2,1-2H3. The Labute approximate surface area is 103 Å². The summed E-state index contributed by atoms with van der Waals surface area (Å²) in [6.07, 6.45) is 1.14. The first kappa shape index (κ1) is 11.9. The fraction of sp³-hybridized carbons (Fsp3) is 0.333. The average Bonchev–Trinajstić information content (AvgIpc) is 2.35. The van der Waals surface area contributed by atoms with Gasteiger partial charge in [-0.3, -0.25) is 0 Å². The van der Waals surface area contributed by atoms with E-state index in [1.165, 1.54) is 22.0 Å². The van der Waals surface area contributed by atoms with Crippen molar-refractivity contribution in [3.05, 3.63) is 42.0 Å². The first-order valence-electron chi connectivity index (χ1n) is 6.18. The van der Waals surface area contributed by atoms with Crippen LogP contribution in [0, 0.1) is 6.92 Å². The molecule has 2 aromatic rings. The van der Waals surface area contributed by atoms with Gasteiger partial charge in [0.05, 0.1) is 0 Å². The highest BCUT2D eigenvalue weighted by atomic mass is 14.9. The summed E-state index contributed by atoms with van der Waals surface area (Å²) in [5, 5.41) is 9.21. The van der Waals surface area contributed by atoms with Crippen LogP contribution in [0.3, 0.4) is 0 Å². The average molecular weight is 228 g/mol. The first-order chi connectivity index (χ1) is 8.29. The second kappa shape index (κ2) is 5.69. The summed E-state index contributed by atoms with van der Waals surface area (Å²) < 4.78 is 0. The third-order valence-electron chi connectivity index (χ3n) is 2.93. The van der Waals surface area contributed by atoms with Crippen molar-refractivity contribution >= 4 is 16.5 Å². The molecular weight excluding hydrogens is 208 g/mol. The van der Waals surface area contributed by atoms with Gasteiger partial charge in [-0.15, -0.1) is 0 Å². The number of anilines is 1. The molecule has 2 heteroatoms. The van der Waals surface area contributed by atoms with Gasteiger partial charge in [0.1, 0.15) is 0 Å². The van der Waals surface area contributed by atoms with Gasteiger partial charge in [-0.2, -0.15) is 0 Å². The zero-order chi connectivity index (χ0) is 12.1. The Hall–Kier alpha value is -1.54. The van der Waals surface area contributed by atoms with Crippen molar-refractivity contribution in [3.8, 4) is 0 Å². The lowest BCUT2D eigenvalue weighted by Crippen LogP contribution is -2.12. The van der Waals surface area contributed by atoms with Crippen molar-refractivity contribution in [1.82, 2.24) is 5.32 Å². The Morgan fingerprint density at radius 3 is 2.53 bits per heavy atom. The van der Waals surface area contributed by atoms with E-state index in [2.05, 4.69) is 54.0 Å². The summed E-state index contributed by atoms with van der Waals surface area (Å²) in [6, 6.07) is 13.1. The van der Waals surface area contributed by atoms with E-state index in [0.717, 1.165) is 19.5 Å². The predicted molar refractivity (Wildman–Crippen MR) is 75.7 cm³/mol. The van der Waals surface area contributed by atoms with Crippen LogP contribution in [0.2, 0.25) is 0 Å². The molecule has 0 aliphatic carbocycles. The molecule has 2 nitrogen and oxygen atoms in total. The van der Waals surface area contributed by atoms with E-state index < -0.39 is 0 Å². The fourth-order valence-electron chi connectivity index (χ4n) is 1.97. The van der Waals surface area contributed by atoms with E-state index in [4.69, 9.17) is 0 Å². The number of fused-ring (bicyclic) bond motifs is 1. The molecule has 17 heavy (non-hydrogen) atoms. The molecule has 0 saturated carbocycles. The number of hydrogen-bond donors (Lipinski definition) is 2. The van der Waals surface area contributed by atoms with Gasteiger partial charge in [-0.05, 0) is 49.8 Å². The van der Waals surface area contributed by atoms with Crippen molar-refractivity contribution in [2.45, 2.75) is 13.3 Å². The number of rotatable bonds is 5. The molecule has 0 spiro atoms. The highest BCUT2D eigenvalue weighted by Crippen LogP contribution is 2.20. The number of aryl methyl sites for hydroxylation is 1. The minimum atomic E-state index is 1.01. The van der Waals surface area contributed by atoms with Crippen molar-refractivity contribution in [2.75, 3.05) is 25.5 Å². The second-order valence-corrected chi connectivity index (χ2v) is 4.45. The molecular formula is C15H20N2. The molecule has 0 radical (unpaired) electrons. The highest BCUT2D eigenvalue weighted by Gasteiger charge is 1.96. The van der Waals surface area contributed by atoms with Crippen molar-refractivity contribution < 1.29 is 0 Å². The summed E-state index contributed by atoms with van der Waals surface area (Å²) in [5.74, 6) is 0. The molecule has 0 fully saturated rings. The number of benzene rings is 2. The maximum atomic E-state index is 3.45. The molecule has 0 heterocycles. The van der Waals surface area contributed by atoms with Crippen molar-refractivity contribution in [2.24, 2.45) is 0 Å². The molecule has 0 aromatic heterocycles. The Morgan fingerprint density at radius 1 is 0.941 bits per heavy atom.